The average molecular weight is 316 g/mol. The number of amides is 1. The number of rotatable bonds is 4. The van der Waals surface area contributed by atoms with Crippen LogP contribution in [0.3, 0.4) is 0 Å². The highest BCUT2D eigenvalue weighted by molar-refractivity contribution is 7.99. The van der Waals surface area contributed by atoms with E-state index in [1.807, 2.05) is 35.2 Å². The maximum atomic E-state index is 12.3. The minimum Gasteiger partial charge on any atom is -0.339 e. The van der Waals surface area contributed by atoms with Crippen LogP contribution in [0, 0.1) is 0 Å². The molecule has 1 unspecified atom stereocenters. The van der Waals surface area contributed by atoms with Crippen LogP contribution in [0.5, 0.6) is 0 Å². The van der Waals surface area contributed by atoms with Crippen LogP contribution in [0.1, 0.15) is 26.2 Å². The molecule has 1 N–H and O–H groups in total. The summed E-state index contributed by atoms with van der Waals surface area (Å²) in [6.45, 7) is 3.01. The normalized spacial score (nSPS) is 18.4. The third-order valence-corrected chi connectivity index (χ3v) is 4.79. The number of aromatic nitrogens is 3. The van der Waals surface area contributed by atoms with Gasteiger partial charge in [0.05, 0.1) is 5.75 Å². The highest BCUT2D eigenvalue weighted by Gasteiger charge is 2.23. The number of nitrogens with zero attached hydrogens (tertiary/aromatic N) is 3. The fraction of sp³-hybridized carbons (Fsp3) is 0.438. The highest BCUT2D eigenvalue weighted by Crippen LogP contribution is 2.21. The molecule has 3 rings (SSSR count). The lowest BCUT2D eigenvalue weighted by Gasteiger charge is -2.33. The molecule has 1 aliphatic rings. The standard InChI is InChI=1S/C16H20N4OS/c1-12-7-5-6-10-20(12)14(21)11-22-16-17-15(18-19-16)13-8-3-2-4-9-13/h2-4,8-9,12H,5-7,10-11H2,1H3,(H,17,18,19). The Labute approximate surface area is 134 Å². The van der Waals surface area contributed by atoms with Crippen LogP contribution in [-0.4, -0.2) is 44.3 Å². The topological polar surface area (TPSA) is 61.9 Å². The van der Waals surface area contributed by atoms with Crippen molar-refractivity contribution in [1.82, 2.24) is 20.1 Å². The molecule has 0 saturated carbocycles. The fourth-order valence-corrected chi connectivity index (χ4v) is 3.40. The Balaban J connectivity index is 1.58. The Hall–Kier alpha value is -1.82. The van der Waals surface area contributed by atoms with Gasteiger partial charge in [-0.25, -0.2) is 4.98 Å². The Morgan fingerprint density at radius 3 is 2.95 bits per heavy atom. The number of likely N-dealkylation sites (tertiary alicyclic amines) is 1. The van der Waals surface area contributed by atoms with Gasteiger partial charge in [-0.2, -0.15) is 0 Å². The molecule has 5 nitrogen and oxygen atoms in total. The lowest BCUT2D eigenvalue weighted by molar-refractivity contribution is -0.131. The van der Waals surface area contributed by atoms with E-state index in [9.17, 15) is 4.79 Å². The quantitative estimate of drug-likeness (QED) is 0.881. The first-order valence-corrected chi connectivity index (χ1v) is 8.62. The molecular weight excluding hydrogens is 296 g/mol. The smallest absolute Gasteiger partial charge is 0.233 e. The molecule has 1 fully saturated rings. The van der Waals surface area contributed by atoms with Gasteiger partial charge in [0.2, 0.25) is 11.1 Å². The monoisotopic (exact) mass is 316 g/mol. The molecule has 0 bridgehead atoms. The van der Waals surface area contributed by atoms with Gasteiger partial charge >= 0.3 is 0 Å². The van der Waals surface area contributed by atoms with Crippen molar-refractivity contribution < 1.29 is 4.79 Å². The number of H-pyrrole nitrogens is 1. The van der Waals surface area contributed by atoms with Crippen molar-refractivity contribution in [3.8, 4) is 11.4 Å². The van der Waals surface area contributed by atoms with Gasteiger partial charge in [0.1, 0.15) is 0 Å². The Morgan fingerprint density at radius 2 is 2.18 bits per heavy atom. The van der Waals surface area contributed by atoms with Gasteiger partial charge in [-0.05, 0) is 26.2 Å². The van der Waals surface area contributed by atoms with Crippen molar-refractivity contribution in [2.24, 2.45) is 0 Å². The predicted octanol–water partition coefficient (Wildman–Crippen LogP) is 2.96. The van der Waals surface area contributed by atoms with Crippen molar-refractivity contribution >= 4 is 17.7 Å². The number of carbonyl (C=O) groups is 1. The summed E-state index contributed by atoms with van der Waals surface area (Å²) in [6, 6.07) is 10.2. The molecule has 0 aliphatic carbocycles. The van der Waals surface area contributed by atoms with Gasteiger partial charge in [-0.1, -0.05) is 42.1 Å². The Morgan fingerprint density at radius 1 is 1.36 bits per heavy atom. The second-order valence-corrected chi connectivity index (χ2v) is 6.50. The first-order chi connectivity index (χ1) is 10.7. The van der Waals surface area contributed by atoms with Crippen LogP contribution in [0.2, 0.25) is 0 Å². The largest absolute Gasteiger partial charge is 0.339 e. The Kier molecular flexibility index (Phi) is 4.77. The molecule has 1 aliphatic heterocycles. The van der Waals surface area contributed by atoms with Crippen LogP contribution in [0.4, 0.5) is 0 Å². The number of nitrogens with one attached hydrogen (secondary N) is 1. The summed E-state index contributed by atoms with van der Waals surface area (Å²) in [7, 11) is 0. The van der Waals surface area contributed by atoms with Gasteiger partial charge in [0, 0.05) is 18.2 Å². The third-order valence-electron chi connectivity index (χ3n) is 3.96. The lowest BCUT2D eigenvalue weighted by Crippen LogP contribution is -2.42. The maximum absolute atomic E-state index is 12.3. The van der Waals surface area contributed by atoms with Crippen molar-refractivity contribution in [3.63, 3.8) is 0 Å². The molecule has 116 valence electrons. The summed E-state index contributed by atoms with van der Waals surface area (Å²) in [5.41, 5.74) is 0.998. The van der Waals surface area contributed by atoms with E-state index in [-0.39, 0.29) is 5.91 Å². The highest BCUT2D eigenvalue weighted by atomic mass is 32.2. The molecule has 0 spiro atoms. The molecule has 0 radical (unpaired) electrons. The molecule has 1 aromatic carbocycles. The first kappa shape index (κ1) is 15.1. The molecule has 22 heavy (non-hydrogen) atoms. The first-order valence-electron chi connectivity index (χ1n) is 7.64. The van der Waals surface area contributed by atoms with E-state index in [0.29, 0.717) is 17.0 Å². The fourth-order valence-electron chi connectivity index (χ4n) is 2.71. The molecular formula is C16H20N4OS. The van der Waals surface area contributed by atoms with E-state index in [4.69, 9.17) is 0 Å². The SMILES string of the molecule is CC1CCCCN1C(=O)CSc1n[nH]c(-c2ccccc2)n1. The van der Waals surface area contributed by atoms with Crippen LogP contribution in [-0.2, 0) is 4.79 Å². The maximum Gasteiger partial charge on any atom is 0.233 e. The van der Waals surface area contributed by atoms with Gasteiger partial charge in [-0.15, -0.1) is 5.10 Å². The van der Waals surface area contributed by atoms with Gasteiger partial charge in [0.15, 0.2) is 5.82 Å². The Bertz CT molecular complexity index is 628. The number of hydrogen-bond acceptors (Lipinski definition) is 4. The summed E-state index contributed by atoms with van der Waals surface area (Å²) < 4.78 is 0. The molecule has 1 atom stereocenters. The van der Waals surface area contributed by atoms with E-state index < -0.39 is 0 Å². The predicted molar refractivity (Wildman–Crippen MR) is 87.6 cm³/mol. The van der Waals surface area contributed by atoms with Crippen molar-refractivity contribution in [1.29, 1.82) is 0 Å². The van der Waals surface area contributed by atoms with Crippen LogP contribution < -0.4 is 0 Å². The summed E-state index contributed by atoms with van der Waals surface area (Å²) in [5, 5.41) is 7.73. The van der Waals surface area contributed by atoms with Crippen LogP contribution in [0.25, 0.3) is 11.4 Å². The number of aromatic amines is 1. The summed E-state index contributed by atoms with van der Waals surface area (Å²) in [6.07, 6.45) is 3.44. The van der Waals surface area contributed by atoms with E-state index in [0.717, 1.165) is 30.8 Å². The number of piperidine rings is 1. The van der Waals surface area contributed by atoms with E-state index in [2.05, 4.69) is 22.1 Å². The average Bonchev–Trinajstić information content (AvgIpc) is 3.03. The lowest BCUT2D eigenvalue weighted by atomic mass is 10.0. The number of carbonyl (C=O) groups excluding carboxylic acids is 1. The van der Waals surface area contributed by atoms with Gasteiger partial charge in [-0.3, -0.25) is 9.89 Å². The third kappa shape index (κ3) is 3.50. The second-order valence-electron chi connectivity index (χ2n) is 5.55. The summed E-state index contributed by atoms with van der Waals surface area (Å²) >= 11 is 1.40. The molecule has 1 saturated heterocycles. The number of hydrogen-bond donors (Lipinski definition) is 1. The van der Waals surface area contributed by atoms with E-state index in [1.54, 1.807) is 0 Å². The van der Waals surface area contributed by atoms with Crippen LogP contribution in [0.15, 0.2) is 35.5 Å². The molecule has 6 heteroatoms. The van der Waals surface area contributed by atoms with E-state index in [1.165, 1.54) is 18.2 Å². The van der Waals surface area contributed by atoms with Crippen molar-refractivity contribution in [2.45, 2.75) is 37.4 Å². The molecule has 2 aromatic rings. The van der Waals surface area contributed by atoms with Crippen molar-refractivity contribution in [2.75, 3.05) is 12.3 Å². The van der Waals surface area contributed by atoms with E-state index >= 15 is 0 Å². The zero-order valence-electron chi connectivity index (χ0n) is 12.7. The van der Waals surface area contributed by atoms with Gasteiger partial charge in [0.25, 0.3) is 0 Å². The van der Waals surface area contributed by atoms with Crippen LogP contribution >= 0.6 is 11.8 Å². The van der Waals surface area contributed by atoms with Gasteiger partial charge < -0.3 is 4.90 Å². The minimum absolute atomic E-state index is 0.184. The molecule has 1 aromatic heterocycles. The summed E-state index contributed by atoms with van der Waals surface area (Å²) in [5.74, 6) is 1.32. The zero-order valence-corrected chi connectivity index (χ0v) is 13.5. The zero-order chi connectivity index (χ0) is 15.4. The second kappa shape index (κ2) is 6.96. The number of thioether (sulfide) groups is 1. The minimum atomic E-state index is 0.184. The summed E-state index contributed by atoms with van der Waals surface area (Å²) in [4.78, 5) is 18.7. The molecule has 2 heterocycles. The number of benzene rings is 1. The van der Waals surface area contributed by atoms with Crippen molar-refractivity contribution in [3.05, 3.63) is 30.3 Å². The molecule has 1 amide bonds.